The summed E-state index contributed by atoms with van der Waals surface area (Å²) in [5.74, 6) is -0.497. The molecule has 1 aromatic carbocycles. The van der Waals surface area contributed by atoms with Crippen molar-refractivity contribution in [2.45, 2.75) is 105 Å². The first-order valence-corrected chi connectivity index (χ1v) is 13.3. The van der Waals surface area contributed by atoms with Gasteiger partial charge in [0.05, 0.1) is 0 Å². The summed E-state index contributed by atoms with van der Waals surface area (Å²) in [5.41, 5.74) is 1.28. The van der Waals surface area contributed by atoms with E-state index in [1.807, 2.05) is 24.3 Å². The van der Waals surface area contributed by atoms with Gasteiger partial charge < -0.3 is 20.3 Å². The molecule has 7 nitrogen and oxygen atoms in total. The number of hydrogen-bond acceptors (Lipinski definition) is 4. The van der Waals surface area contributed by atoms with Gasteiger partial charge in [-0.05, 0) is 51.2 Å². The molecule has 0 aromatic heterocycles. The first-order chi connectivity index (χ1) is 16.6. The Kier molecular flexibility index (Phi) is 14.1. The highest BCUT2D eigenvalue weighted by Crippen LogP contribution is 2.23. The molecule has 0 spiro atoms. The largest absolute Gasteiger partial charge is 0.444 e. The van der Waals surface area contributed by atoms with Crippen molar-refractivity contribution in [1.82, 2.24) is 15.5 Å². The van der Waals surface area contributed by atoms with E-state index in [1.54, 1.807) is 25.7 Å². The van der Waals surface area contributed by atoms with Crippen LogP contribution in [0.5, 0.6) is 0 Å². The lowest BCUT2D eigenvalue weighted by molar-refractivity contribution is -0.140. The fourth-order valence-corrected chi connectivity index (χ4v) is 3.74. The molecular formula is C28H47N3O4. The Balaban J connectivity index is 3.14. The predicted octanol–water partition coefficient (Wildman–Crippen LogP) is 5.53. The molecule has 1 unspecified atom stereocenters. The van der Waals surface area contributed by atoms with E-state index in [0.717, 1.165) is 56.9 Å². The molecule has 0 saturated carbocycles. The monoisotopic (exact) mass is 489 g/mol. The Bertz CT molecular complexity index is 771. The van der Waals surface area contributed by atoms with Gasteiger partial charge in [0.25, 0.3) is 0 Å². The zero-order valence-electron chi connectivity index (χ0n) is 22.7. The fraction of sp³-hybridized carbons (Fsp3) is 0.679. The molecule has 7 heteroatoms. The van der Waals surface area contributed by atoms with Crippen LogP contribution in [0.4, 0.5) is 4.79 Å². The number of ether oxygens (including phenoxy) is 1. The van der Waals surface area contributed by atoms with Crippen LogP contribution in [0.15, 0.2) is 24.3 Å². The van der Waals surface area contributed by atoms with Gasteiger partial charge in [-0.15, -0.1) is 0 Å². The second-order valence-corrected chi connectivity index (χ2v) is 10.00. The van der Waals surface area contributed by atoms with Gasteiger partial charge in [-0.25, -0.2) is 4.79 Å². The lowest BCUT2D eigenvalue weighted by Gasteiger charge is -2.32. The third kappa shape index (κ3) is 12.1. The summed E-state index contributed by atoms with van der Waals surface area (Å²) in [6.45, 7) is 12.4. The molecule has 1 atom stereocenters. The normalized spacial score (nSPS) is 12.1. The molecule has 0 aliphatic rings. The van der Waals surface area contributed by atoms with Crippen molar-refractivity contribution in [3.63, 3.8) is 0 Å². The number of carbonyl (C=O) groups is 3. The van der Waals surface area contributed by atoms with Gasteiger partial charge in [0.2, 0.25) is 11.8 Å². The summed E-state index contributed by atoms with van der Waals surface area (Å²) >= 11 is 0. The molecule has 2 N–H and O–H groups in total. The number of hydrogen-bond donors (Lipinski definition) is 2. The topological polar surface area (TPSA) is 87.7 Å². The predicted molar refractivity (Wildman–Crippen MR) is 141 cm³/mol. The zero-order valence-corrected chi connectivity index (χ0v) is 22.7. The Morgan fingerprint density at radius 2 is 1.51 bits per heavy atom. The van der Waals surface area contributed by atoms with Crippen molar-refractivity contribution < 1.29 is 19.1 Å². The second-order valence-electron chi connectivity index (χ2n) is 10.00. The maximum absolute atomic E-state index is 13.4. The number of benzene rings is 1. The minimum absolute atomic E-state index is 0.193. The molecule has 0 fully saturated rings. The minimum Gasteiger partial charge on any atom is -0.444 e. The second kappa shape index (κ2) is 16.2. The third-order valence-corrected chi connectivity index (χ3v) is 5.70. The van der Waals surface area contributed by atoms with Gasteiger partial charge in [-0.2, -0.15) is 0 Å². The molecule has 1 aromatic rings. The highest BCUT2D eigenvalue weighted by molar-refractivity contribution is 5.90. The quantitative estimate of drug-likeness (QED) is 0.317. The molecular weight excluding hydrogens is 442 g/mol. The van der Waals surface area contributed by atoms with Gasteiger partial charge in [0.1, 0.15) is 18.2 Å². The van der Waals surface area contributed by atoms with E-state index in [4.69, 9.17) is 4.74 Å². The van der Waals surface area contributed by atoms with Crippen molar-refractivity contribution in [2.75, 3.05) is 19.6 Å². The minimum atomic E-state index is -0.753. The summed E-state index contributed by atoms with van der Waals surface area (Å²) < 4.78 is 5.28. The summed E-state index contributed by atoms with van der Waals surface area (Å²) in [4.78, 5) is 40.5. The standard InChI is InChI=1S/C28H47N3O4/c1-7-10-12-13-14-20-31(24(32)21-30-27(34)35-28(4,5)6)25(26(33)29-19-11-8-2)23-17-15-22(9-3)16-18-23/h15-18,25H,7-14,19-21H2,1-6H3,(H,29,33)(H,30,34). The Labute approximate surface area is 212 Å². The van der Waals surface area contributed by atoms with E-state index in [-0.39, 0.29) is 18.4 Å². The Morgan fingerprint density at radius 3 is 2.09 bits per heavy atom. The smallest absolute Gasteiger partial charge is 0.408 e. The number of amides is 3. The Morgan fingerprint density at radius 1 is 0.886 bits per heavy atom. The summed E-state index contributed by atoms with van der Waals surface area (Å²) in [5, 5.41) is 5.57. The van der Waals surface area contributed by atoms with Crippen LogP contribution in [-0.2, 0) is 20.7 Å². The van der Waals surface area contributed by atoms with Crippen molar-refractivity contribution in [3.8, 4) is 0 Å². The van der Waals surface area contributed by atoms with Crippen LogP contribution in [-0.4, -0.2) is 48.0 Å². The molecule has 0 bridgehead atoms. The van der Waals surface area contributed by atoms with E-state index >= 15 is 0 Å². The number of rotatable bonds is 15. The summed E-state index contributed by atoms with van der Waals surface area (Å²) in [7, 11) is 0. The number of nitrogens with one attached hydrogen (secondary N) is 2. The fourth-order valence-electron chi connectivity index (χ4n) is 3.74. The maximum atomic E-state index is 13.4. The average Bonchev–Trinajstić information content (AvgIpc) is 2.81. The van der Waals surface area contributed by atoms with E-state index in [9.17, 15) is 14.4 Å². The van der Waals surface area contributed by atoms with Crippen molar-refractivity contribution in [2.24, 2.45) is 0 Å². The van der Waals surface area contributed by atoms with Crippen molar-refractivity contribution in [3.05, 3.63) is 35.4 Å². The van der Waals surface area contributed by atoms with Gasteiger partial charge in [-0.1, -0.05) is 77.1 Å². The molecule has 1 rings (SSSR count). The third-order valence-electron chi connectivity index (χ3n) is 5.70. The van der Waals surface area contributed by atoms with Crippen LogP contribution in [0.2, 0.25) is 0 Å². The van der Waals surface area contributed by atoms with Gasteiger partial charge in [0.15, 0.2) is 0 Å². The Hall–Kier alpha value is -2.57. The maximum Gasteiger partial charge on any atom is 0.408 e. The molecule has 0 saturated heterocycles. The number of aryl methyl sites for hydroxylation is 1. The number of alkyl carbamates (subject to hydrolysis) is 1. The van der Waals surface area contributed by atoms with Crippen LogP contribution in [0.1, 0.15) is 104 Å². The molecule has 198 valence electrons. The lowest BCUT2D eigenvalue weighted by Crippen LogP contribution is -2.48. The first-order valence-electron chi connectivity index (χ1n) is 13.3. The van der Waals surface area contributed by atoms with Crippen LogP contribution in [0.25, 0.3) is 0 Å². The first kappa shape index (κ1) is 30.5. The van der Waals surface area contributed by atoms with E-state index in [1.165, 1.54) is 5.56 Å². The number of carbonyl (C=O) groups excluding carboxylic acids is 3. The van der Waals surface area contributed by atoms with Crippen LogP contribution in [0.3, 0.4) is 0 Å². The molecule has 0 aliphatic heterocycles. The van der Waals surface area contributed by atoms with Gasteiger partial charge in [-0.3, -0.25) is 9.59 Å². The van der Waals surface area contributed by atoms with E-state index in [0.29, 0.717) is 13.1 Å². The van der Waals surface area contributed by atoms with Crippen LogP contribution < -0.4 is 10.6 Å². The van der Waals surface area contributed by atoms with Crippen molar-refractivity contribution in [1.29, 1.82) is 0 Å². The molecule has 0 aliphatic carbocycles. The SMILES string of the molecule is CCCCCCCN(C(=O)CNC(=O)OC(C)(C)C)C(C(=O)NCCCC)c1ccc(CC)cc1. The number of unbranched alkanes of at least 4 members (excludes halogenated alkanes) is 5. The molecule has 35 heavy (non-hydrogen) atoms. The molecule has 0 radical (unpaired) electrons. The van der Waals surface area contributed by atoms with E-state index in [2.05, 4.69) is 31.4 Å². The van der Waals surface area contributed by atoms with Crippen LogP contribution >= 0.6 is 0 Å². The van der Waals surface area contributed by atoms with Gasteiger partial charge >= 0.3 is 6.09 Å². The number of nitrogens with zero attached hydrogens (tertiary/aromatic N) is 1. The summed E-state index contributed by atoms with van der Waals surface area (Å²) in [6.07, 6.45) is 7.24. The molecule has 0 heterocycles. The average molecular weight is 490 g/mol. The zero-order chi connectivity index (χ0) is 26.3. The lowest BCUT2D eigenvalue weighted by atomic mass is 10.0. The highest BCUT2D eigenvalue weighted by Gasteiger charge is 2.31. The van der Waals surface area contributed by atoms with E-state index < -0.39 is 17.7 Å². The summed E-state index contributed by atoms with van der Waals surface area (Å²) in [6, 6.07) is 7.12. The van der Waals surface area contributed by atoms with Crippen molar-refractivity contribution >= 4 is 17.9 Å². The molecule has 3 amide bonds. The van der Waals surface area contributed by atoms with Gasteiger partial charge in [0, 0.05) is 13.1 Å². The van der Waals surface area contributed by atoms with Crippen LogP contribution in [0, 0.1) is 0 Å². The highest BCUT2D eigenvalue weighted by atomic mass is 16.6.